The molecule has 4 aliphatic rings. The minimum Gasteiger partial charge on any atom is -1.00 e. The van der Waals surface area contributed by atoms with Crippen molar-refractivity contribution in [1.82, 2.24) is 0 Å². The van der Waals surface area contributed by atoms with E-state index in [0.29, 0.717) is 11.8 Å². The van der Waals surface area contributed by atoms with Gasteiger partial charge in [-0.25, -0.2) is 0 Å². The summed E-state index contributed by atoms with van der Waals surface area (Å²) in [5.41, 5.74) is -0.314. The lowest BCUT2D eigenvalue weighted by Crippen LogP contribution is -3.00. The van der Waals surface area contributed by atoms with Gasteiger partial charge in [-0.1, -0.05) is 25.7 Å². The number of hydrogen-bond donors (Lipinski definition) is 1. The maximum absolute atomic E-state index is 11.9. The number of quaternary nitrogens is 1. The van der Waals surface area contributed by atoms with E-state index in [1.54, 1.807) is 0 Å². The molecule has 2 saturated carbocycles. The van der Waals surface area contributed by atoms with Crippen molar-refractivity contribution in [3.8, 4) is 0 Å². The van der Waals surface area contributed by atoms with Crippen molar-refractivity contribution < 1.29 is 26.6 Å². The second-order valence-corrected chi connectivity index (χ2v) is 10.0. The zero-order valence-electron chi connectivity index (χ0n) is 15.9. The lowest BCUT2D eigenvalue weighted by molar-refractivity contribution is -0.931. The summed E-state index contributed by atoms with van der Waals surface area (Å²) >= 11 is 0. The molecule has 2 saturated heterocycles. The van der Waals surface area contributed by atoms with Gasteiger partial charge in [0.2, 0.25) is 0 Å². The summed E-state index contributed by atoms with van der Waals surface area (Å²) in [4.78, 5) is 0. The number of halogens is 1. The zero-order chi connectivity index (χ0) is 16.1. The van der Waals surface area contributed by atoms with E-state index in [0.717, 1.165) is 24.4 Å². The Balaban J connectivity index is 0.00000169. The van der Waals surface area contributed by atoms with Gasteiger partial charge in [0.15, 0.2) is 0 Å². The van der Waals surface area contributed by atoms with E-state index in [4.69, 9.17) is 0 Å². The van der Waals surface area contributed by atoms with Crippen molar-refractivity contribution >= 4 is 0 Å². The molecule has 2 aliphatic carbocycles. The number of aliphatic hydroxyl groups is 1. The van der Waals surface area contributed by atoms with Gasteiger partial charge in [-0.15, -0.1) is 0 Å². The highest BCUT2D eigenvalue weighted by atomic mass is 79.9. The van der Waals surface area contributed by atoms with Gasteiger partial charge in [0.1, 0.15) is 0 Å². The summed E-state index contributed by atoms with van der Waals surface area (Å²) in [5.74, 6) is 2.03. The summed E-state index contributed by atoms with van der Waals surface area (Å²) in [6.07, 6.45) is 17.4. The molecule has 0 amide bonds. The molecule has 2 aliphatic heterocycles. The Kier molecular flexibility index (Phi) is 5.75. The minimum absolute atomic E-state index is 0. The van der Waals surface area contributed by atoms with Crippen LogP contribution in [0.1, 0.15) is 83.5 Å². The second kappa shape index (κ2) is 7.19. The SMILES string of the molecule is C[N+]1(C)C2CCC1CC(CC(O)(C1CCCC1)C1CCCC1)C2.[Br-]. The van der Waals surface area contributed by atoms with E-state index in [1.165, 1.54) is 81.5 Å². The monoisotopic (exact) mass is 399 g/mol. The third-order valence-electron chi connectivity index (χ3n) is 8.67. The predicted octanol–water partition coefficient (Wildman–Crippen LogP) is 1.51. The Morgan fingerprint density at radius 1 is 0.792 bits per heavy atom. The smallest absolute Gasteiger partial charge is 0.0893 e. The molecule has 0 aromatic carbocycles. The molecule has 4 rings (SSSR count). The van der Waals surface area contributed by atoms with E-state index < -0.39 is 0 Å². The molecule has 1 N–H and O–H groups in total. The van der Waals surface area contributed by atoms with Gasteiger partial charge >= 0.3 is 0 Å². The summed E-state index contributed by atoms with van der Waals surface area (Å²) in [6, 6.07) is 1.74. The summed E-state index contributed by atoms with van der Waals surface area (Å²) < 4.78 is 1.27. The molecule has 2 bridgehead atoms. The number of piperidine rings is 1. The third-order valence-corrected chi connectivity index (χ3v) is 8.67. The standard InChI is InChI=1S/C21H38NO.BrH/c1-22(2)19-11-12-20(22)14-16(13-19)15-21(23,17-7-3-4-8-17)18-9-5-6-10-18;/h16-20,23H,3-15H2,1-2H3;1H/q+1;/p-1. The average molecular weight is 400 g/mol. The Bertz CT molecular complexity index is 394. The molecule has 2 heterocycles. The summed E-state index contributed by atoms with van der Waals surface area (Å²) in [6.45, 7) is 0. The topological polar surface area (TPSA) is 20.2 Å². The highest BCUT2D eigenvalue weighted by Gasteiger charge is 2.52. The van der Waals surface area contributed by atoms with E-state index in [9.17, 15) is 5.11 Å². The maximum Gasteiger partial charge on any atom is 0.0893 e. The van der Waals surface area contributed by atoms with Crippen molar-refractivity contribution in [3.63, 3.8) is 0 Å². The molecule has 2 nitrogen and oxygen atoms in total. The predicted molar refractivity (Wildman–Crippen MR) is 95.1 cm³/mol. The number of hydrogen-bond acceptors (Lipinski definition) is 1. The first-order valence-corrected chi connectivity index (χ1v) is 10.6. The van der Waals surface area contributed by atoms with Crippen LogP contribution in [0.25, 0.3) is 0 Å². The molecule has 0 aromatic heterocycles. The van der Waals surface area contributed by atoms with Gasteiger partial charge in [-0.2, -0.15) is 0 Å². The van der Waals surface area contributed by atoms with Crippen LogP contribution in [0.15, 0.2) is 0 Å². The van der Waals surface area contributed by atoms with Crippen LogP contribution in [-0.4, -0.2) is 41.4 Å². The molecule has 0 spiro atoms. The van der Waals surface area contributed by atoms with Crippen LogP contribution in [0.5, 0.6) is 0 Å². The van der Waals surface area contributed by atoms with Crippen LogP contribution < -0.4 is 17.0 Å². The number of nitrogens with zero attached hydrogens (tertiary/aromatic N) is 1. The highest BCUT2D eigenvalue weighted by molar-refractivity contribution is 4.99. The van der Waals surface area contributed by atoms with Crippen LogP contribution in [0.4, 0.5) is 0 Å². The fourth-order valence-electron chi connectivity index (χ4n) is 7.14. The number of fused-ring (bicyclic) bond motifs is 2. The molecule has 3 heteroatoms. The molecule has 140 valence electrons. The van der Waals surface area contributed by atoms with Crippen LogP contribution >= 0.6 is 0 Å². The maximum atomic E-state index is 11.9. The Morgan fingerprint density at radius 3 is 1.62 bits per heavy atom. The van der Waals surface area contributed by atoms with E-state index in [2.05, 4.69) is 14.1 Å². The molecule has 2 unspecified atom stereocenters. The average Bonchev–Trinajstić information content (AvgIpc) is 3.22. The van der Waals surface area contributed by atoms with Crippen molar-refractivity contribution in [2.75, 3.05) is 14.1 Å². The van der Waals surface area contributed by atoms with Crippen LogP contribution in [0.2, 0.25) is 0 Å². The first kappa shape index (κ1) is 19.2. The summed E-state index contributed by atoms with van der Waals surface area (Å²) in [5, 5.41) is 11.9. The largest absolute Gasteiger partial charge is 1.00 e. The normalized spacial score (nSPS) is 36.9. The molecular weight excluding hydrogens is 362 g/mol. The lowest BCUT2D eigenvalue weighted by atomic mass is 9.68. The molecular formula is C21H38BrNO. The number of rotatable bonds is 4. The van der Waals surface area contributed by atoms with Gasteiger partial charge in [-0.3, -0.25) is 0 Å². The van der Waals surface area contributed by atoms with Gasteiger partial charge < -0.3 is 26.6 Å². The fourth-order valence-corrected chi connectivity index (χ4v) is 7.14. The zero-order valence-corrected chi connectivity index (χ0v) is 17.4. The minimum atomic E-state index is -0.314. The van der Waals surface area contributed by atoms with Crippen LogP contribution in [0, 0.1) is 17.8 Å². The molecule has 24 heavy (non-hydrogen) atoms. The van der Waals surface area contributed by atoms with E-state index in [1.807, 2.05) is 0 Å². The van der Waals surface area contributed by atoms with Crippen molar-refractivity contribution in [3.05, 3.63) is 0 Å². The molecule has 4 fully saturated rings. The van der Waals surface area contributed by atoms with Gasteiger partial charge in [0.05, 0.1) is 31.8 Å². The Morgan fingerprint density at radius 2 is 1.21 bits per heavy atom. The highest BCUT2D eigenvalue weighted by Crippen LogP contribution is 2.51. The van der Waals surface area contributed by atoms with Gasteiger partial charge in [0.25, 0.3) is 0 Å². The molecule has 0 radical (unpaired) electrons. The van der Waals surface area contributed by atoms with Gasteiger partial charge in [0, 0.05) is 25.7 Å². The van der Waals surface area contributed by atoms with Crippen LogP contribution in [0.3, 0.4) is 0 Å². The first-order valence-electron chi connectivity index (χ1n) is 10.6. The Labute approximate surface area is 159 Å². The molecule has 2 atom stereocenters. The quantitative estimate of drug-likeness (QED) is 0.710. The van der Waals surface area contributed by atoms with E-state index in [-0.39, 0.29) is 22.6 Å². The first-order chi connectivity index (χ1) is 11.0. The van der Waals surface area contributed by atoms with Crippen molar-refractivity contribution in [2.24, 2.45) is 17.8 Å². The van der Waals surface area contributed by atoms with Crippen molar-refractivity contribution in [1.29, 1.82) is 0 Å². The van der Waals surface area contributed by atoms with Gasteiger partial charge in [-0.05, 0) is 49.9 Å². The van der Waals surface area contributed by atoms with E-state index >= 15 is 0 Å². The third kappa shape index (κ3) is 3.22. The summed E-state index contributed by atoms with van der Waals surface area (Å²) in [7, 11) is 4.91. The second-order valence-electron chi connectivity index (χ2n) is 10.0. The molecule has 0 aromatic rings. The van der Waals surface area contributed by atoms with Crippen LogP contribution in [-0.2, 0) is 0 Å². The van der Waals surface area contributed by atoms with Crippen molar-refractivity contribution in [2.45, 2.75) is 101 Å². The lowest BCUT2D eigenvalue weighted by Gasteiger charge is -2.48. The Hall–Kier alpha value is 0.400. The fraction of sp³-hybridized carbons (Fsp3) is 1.00.